The van der Waals surface area contributed by atoms with Gasteiger partial charge in [-0.15, -0.1) is 0 Å². The van der Waals surface area contributed by atoms with Crippen molar-refractivity contribution >= 4 is 23.3 Å². The number of ketones is 1. The molecule has 2 aromatic rings. The van der Waals surface area contributed by atoms with Gasteiger partial charge in [-0.25, -0.2) is 9.18 Å². The monoisotopic (exact) mass is 387 g/mol. The molecule has 0 radical (unpaired) electrons. The van der Waals surface area contributed by atoms with Gasteiger partial charge in [0, 0.05) is 17.2 Å². The molecule has 0 aliphatic heterocycles. The number of Topliss-reactive ketones (excluding diaryl/α,β-unsaturated/α-hetero) is 1. The largest absolute Gasteiger partial charge is 0.494 e. The Morgan fingerprint density at radius 2 is 1.57 bits per heavy atom. The van der Waals surface area contributed by atoms with Gasteiger partial charge in [0.1, 0.15) is 0 Å². The number of halogens is 1. The van der Waals surface area contributed by atoms with Crippen molar-refractivity contribution in [1.29, 1.82) is 0 Å². The van der Waals surface area contributed by atoms with Crippen LogP contribution in [0, 0.1) is 11.7 Å². The Kier molecular flexibility index (Phi) is 6.87. The summed E-state index contributed by atoms with van der Waals surface area (Å²) in [4.78, 5) is 36.3. The van der Waals surface area contributed by atoms with E-state index in [0.717, 1.165) is 6.07 Å². The molecule has 0 aliphatic rings. The first-order valence-electron chi connectivity index (χ1n) is 8.72. The number of methoxy groups -OCH3 is 1. The summed E-state index contributed by atoms with van der Waals surface area (Å²) in [5.74, 6) is -2.22. The second kappa shape index (κ2) is 9.12. The lowest BCUT2D eigenvalue weighted by atomic mass is 10.1. The van der Waals surface area contributed by atoms with E-state index in [1.807, 2.05) is 0 Å². The first-order valence-corrected chi connectivity index (χ1v) is 8.72. The van der Waals surface area contributed by atoms with Gasteiger partial charge in [-0.2, -0.15) is 0 Å². The third-order valence-electron chi connectivity index (χ3n) is 4.00. The molecule has 1 atom stereocenters. The number of nitrogens with one attached hydrogen (secondary N) is 1. The number of carbonyl (C=O) groups is 3. The molecule has 7 heteroatoms. The average Bonchev–Trinajstić information content (AvgIpc) is 2.67. The van der Waals surface area contributed by atoms with Crippen molar-refractivity contribution in [3.8, 4) is 5.75 Å². The molecule has 6 nitrogen and oxygen atoms in total. The van der Waals surface area contributed by atoms with Gasteiger partial charge in [-0.3, -0.25) is 9.59 Å². The molecule has 1 N–H and O–H groups in total. The SMILES string of the molecule is COc1ccc(C(=O)O[C@H](C)C(=O)c2ccc(NC(=O)C(C)C)cc2)cc1F. The van der Waals surface area contributed by atoms with Crippen molar-refractivity contribution in [2.75, 3.05) is 12.4 Å². The second-order valence-corrected chi connectivity index (χ2v) is 6.48. The van der Waals surface area contributed by atoms with Crippen LogP contribution in [-0.4, -0.2) is 30.9 Å². The van der Waals surface area contributed by atoms with Gasteiger partial charge >= 0.3 is 5.97 Å². The van der Waals surface area contributed by atoms with E-state index in [1.54, 1.807) is 26.0 Å². The van der Waals surface area contributed by atoms with E-state index in [1.165, 1.54) is 38.3 Å². The molecule has 0 fully saturated rings. The number of amides is 1. The highest BCUT2D eigenvalue weighted by Gasteiger charge is 2.21. The third-order valence-corrected chi connectivity index (χ3v) is 4.00. The predicted octanol–water partition coefficient (Wildman–Crippen LogP) is 3.86. The molecule has 0 spiro atoms. The minimum Gasteiger partial charge on any atom is -0.494 e. The van der Waals surface area contributed by atoms with Crippen molar-refractivity contribution < 1.29 is 28.2 Å². The quantitative estimate of drug-likeness (QED) is 0.576. The van der Waals surface area contributed by atoms with Crippen LogP contribution >= 0.6 is 0 Å². The van der Waals surface area contributed by atoms with Gasteiger partial charge in [0.15, 0.2) is 17.7 Å². The Morgan fingerprint density at radius 3 is 2.11 bits per heavy atom. The number of benzene rings is 2. The van der Waals surface area contributed by atoms with E-state index >= 15 is 0 Å². The first-order chi connectivity index (χ1) is 13.2. The van der Waals surface area contributed by atoms with Gasteiger partial charge in [-0.05, 0) is 49.4 Å². The molecule has 0 heterocycles. The van der Waals surface area contributed by atoms with E-state index in [9.17, 15) is 18.8 Å². The van der Waals surface area contributed by atoms with Crippen LogP contribution in [0.1, 0.15) is 41.5 Å². The van der Waals surface area contributed by atoms with E-state index in [0.29, 0.717) is 11.3 Å². The van der Waals surface area contributed by atoms with Crippen LogP contribution in [0.25, 0.3) is 0 Å². The Morgan fingerprint density at radius 1 is 0.964 bits per heavy atom. The highest BCUT2D eigenvalue weighted by Crippen LogP contribution is 2.19. The Bertz CT molecular complexity index is 877. The molecule has 0 saturated carbocycles. The van der Waals surface area contributed by atoms with Crippen molar-refractivity contribution in [2.24, 2.45) is 5.92 Å². The maximum absolute atomic E-state index is 13.7. The minimum atomic E-state index is -1.06. The van der Waals surface area contributed by atoms with E-state index < -0.39 is 23.7 Å². The summed E-state index contributed by atoms with van der Waals surface area (Å²) in [5.41, 5.74) is 0.863. The number of carbonyl (C=O) groups excluding carboxylic acids is 3. The molecule has 1 amide bonds. The lowest BCUT2D eigenvalue weighted by molar-refractivity contribution is -0.118. The van der Waals surface area contributed by atoms with Crippen LogP contribution in [0.2, 0.25) is 0 Å². The lowest BCUT2D eigenvalue weighted by Crippen LogP contribution is -2.24. The molecule has 0 unspecified atom stereocenters. The summed E-state index contributed by atoms with van der Waals surface area (Å²) >= 11 is 0. The first kappa shape index (κ1) is 21.1. The highest BCUT2D eigenvalue weighted by atomic mass is 19.1. The Labute approximate surface area is 162 Å². The molecule has 2 rings (SSSR count). The van der Waals surface area contributed by atoms with E-state index in [-0.39, 0.29) is 23.1 Å². The Balaban J connectivity index is 2.02. The fourth-order valence-corrected chi connectivity index (χ4v) is 2.31. The van der Waals surface area contributed by atoms with Gasteiger partial charge in [0.25, 0.3) is 0 Å². The number of esters is 1. The summed E-state index contributed by atoms with van der Waals surface area (Å²) in [6, 6.07) is 9.92. The van der Waals surface area contributed by atoms with Crippen LogP contribution in [0.4, 0.5) is 10.1 Å². The molecule has 0 aromatic heterocycles. The molecular formula is C21H22FNO5. The summed E-state index contributed by atoms with van der Waals surface area (Å²) < 4.78 is 23.7. The average molecular weight is 387 g/mol. The summed E-state index contributed by atoms with van der Waals surface area (Å²) in [6.07, 6.45) is -1.06. The smallest absolute Gasteiger partial charge is 0.338 e. The van der Waals surface area contributed by atoms with Gasteiger partial charge in [-0.1, -0.05) is 13.8 Å². The topological polar surface area (TPSA) is 81.7 Å². The minimum absolute atomic E-state index is 0.00493. The van der Waals surface area contributed by atoms with Crippen molar-refractivity contribution in [3.05, 3.63) is 59.4 Å². The van der Waals surface area contributed by atoms with E-state index in [2.05, 4.69) is 5.32 Å². The summed E-state index contributed by atoms with van der Waals surface area (Å²) in [5, 5.41) is 2.72. The molecule has 0 saturated heterocycles. The van der Waals surface area contributed by atoms with Crippen molar-refractivity contribution in [3.63, 3.8) is 0 Å². The zero-order valence-corrected chi connectivity index (χ0v) is 16.1. The molecule has 0 aliphatic carbocycles. The standard InChI is InChI=1S/C21H22FNO5/c1-12(2)20(25)23-16-8-5-14(6-9-16)19(24)13(3)28-21(26)15-7-10-18(27-4)17(22)11-15/h5-13H,1-4H3,(H,23,25)/t13-/m1/s1. The molecule has 148 valence electrons. The second-order valence-electron chi connectivity index (χ2n) is 6.48. The maximum Gasteiger partial charge on any atom is 0.338 e. The number of hydrogen-bond donors (Lipinski definition) is 1. The van der Waals surface area contributed by atoms with Crippen LogP contribution in [-0.2, 0) is 9.53 Å². The maximum atomic E-state index is 13.7. The van der Waals surface area contributed by atoms with E-state index in [4.69, 9.17) is 9.47 Å². The zero-order chi connectivity index (χ0) is 20.8. The number of hydrogen-bond acceptors (Lipinski definition) is 5. The summed E-state index contributed by atoms with van der Waals surface area (Å²) in [6.45, 7) is 4.99. The van der Waals surface area contributed by atoms with Crippen molar-refractivity contribution in [2.45, 2.75) is 26.9 Å². The van der Waals surface area contributed by atoms with Crippen LogP contribution in [0.3, 0.4) is 0 Å². The number of rotatable bonds is 7. The summed E-state index contributed by atoms with van der Waals surface area (Å²) in [7, 11) is 1.32. The molecule has 0 bridgehead atoms. The van der Waals surface area contributed by atoms with Crippen LogP contribution < -0.4 is 10.1 Å². The third kappa shape index (κ3) is 5.16. The zero-order valence-electron chi connectivity index (χ0n) is 16.1. The van der Waals surface area contributed by atoms with Crippen molar-refractivity contribution in [1.82, 2.24) is 0 Å². The fourth-order valence-electron chi connectivity index (χ4n) is 2.31. The number of ether oxygens (including phenoxy) is 2. The predicted molar refractivity (Wildman–Crippen MR) is 102 cm³/mol. The molecule has 2 aromatic carbocycles. The van der Waals surface area contributed by atoms with Gasteiger partial charge in [0.2, 0.25) is 11.7 Å². The lowest BCUT2D eigenvalue weighted by Gasteiger charge is -2.13. The molecular weight excluding hydrogens is 365 g/mol. The van der Waals surface area contributed by atoms with Gasteiger partial charge in [0.05, 0.1) is 12.7 Å². The van der Waals surface area contributed by atoms with Crippen LogP contribution in [0.15, 0.2) is 42.5 Å². The highest BCUT2D eigenvalue weighted by molar-refractivity contribution is 6.02. The fraction of sp³-hybridized carbons (Fsp3) is 0.286. The normalized spacial score (nSPS) is 11.6. The van der Waals surface area contributed by atoms with Gasteiger partial charge < -0.3 is 14.8 Å². The number of anilines is 1. The van der Waals surface area contributed by atoms with Crippen LogP contribution in [0.5, 0.6) is 5.75 Å². The Hall–Kier alpha value is -3.22. The molecule has 28 heavy (non-hydrogen) atoms.